The third kappa shape index (κ3) is 3.87. The van der Waals surface area contributed by atoms with Gasteiger partial charge in [0, 0.05) is 12.0 Å². The van der Waals surface area contributed by atoms with Crippen LogP contribution in [0.2, 0.25) is 0 Å². The standard InChI is InChI=1S/C10H16F2O2/c1-3-8(10(11,12)7-13)5-6-9(14)4-2/h5-6,13-14H,3-4,7H2,1-2H3/b8-5+,9-6+. The molecular formula is C10H16F2O2. The van der Waals surface area contributed by atoms with Crippen molar-refractivity contribution in [1.82, 2.24) is 0 Å². The molecule has 2 nitrogen and oxygen atoms in total. The van der Waals surface area contributed by atoms with Crippen molar-refractivity contribution in [3.05, 3.63) is 23.5 Å². The highest BCUT2D eigenvalue weighted by Crippen LogP contribution is 2.26. The molecule has 0 heterocycles. The van der Waals surface area contributed by atoms with E-state index in [1.165, 1.54) is 6.08 Å². The molecule has 0 aliphatic rings. The van der Waals surface area contributed by atoms with Crippen LogP contribution in [0.3, 0.4) is 0 Å². The van der Waals surface area contributed by atoms with Crippen molar-refractivity contribution in [2.75, 3.05) is 6.61 Å². The van der Waals surface area contributed by atoms with Gasteiger partial charge in [-0.25, -0.2) is 0 Å². The van der Waals surface area contributed by atoms with E-state index >= 15 is 0 Å². The van der Waals surface area contributed by atoms with Gasteiger partial charge in [-0.2, -0.15) is 8.78 Å². The van der Waals surface area contributed by atoms with Crippen molar-refractivity contribution in [2.45, 2.75) is 32.6 Å². The fourth-order valence-electron chi connectivity index (χ4n) is 0.915. The van der Waals surface area contributed by atoms with Gasteiger partial charge in [-0.1, -0.05) is 19.9 Å². The Hall–Kier alpha value is -0.900. The smallest absolute Gasteiger partial charge is 0.292 e. The van der Waals surface area contributed by atoms with Crippen LogP contribution < -0.4 is 0 Å². The van der Waals surface area contributed by atoms with Crippen molar-refractivity contribution >= 4 is 0 Å². The second-order valence-electron chi connectivity index (χ2n) is 2.92. The number of hydrogen-bond acceptors (Lipinski definition) is 2. The Labute approximate surface area is 82.6 Å². The zero-order chi connectivity index (χ0) is 11.2. The van der Waals surface area contributed by atoms with E-state index in [4.69, 9.17) is 10.2 Å². The quantitative estimate of drug-likeness (QED) is 0.536. The maximum absolute atomic E-state index is 12.9. The summed E-state index contributed by atoms with van der Waals surface area (Å²) < 4.78 is 25.9. The molecule has 0 saturated heterocycles. The first kappa shape index (κ1) is 13.1. The summed E-state index contributed by atoms with van der Waals surface area (Å²) in [6, 6.07) is 0. The predicted octanol–water partition coefficient (Wildman–Crippen LogP) is 2.80. The third-order valence-corrected chi connectivity index (χ3v) is 1.89. The highest BCUT2D eigenvalue weighted by molar-refractivity contribution is 5.20. The van der Waals surface area contributed by atoms with Crippen LogP contribution in [-0.4, -0.2) is 22.7 Å². The number of alkyl halides is 2. The summed E-state index contributed by atoms with van der Waals surface area (Å²) in [5.41, 5.74) is -0.181. The van der Waals surface area contributed by atoms with Gasteiger partial charge in [0.25, 0.3) is 5.92 Å². The Morgan fingerprint density at radius 1 is 1.21 bits per heavy atom. The van der Waals surface area contributed by atoms with Crippen LogP contribution in [0.25, 0.3) is 0 Å². The lowest BCUT2D eigenvalue weighted by molar-refractivity contribution is -0.0178. The van der Waals surface area contributed by atoms with E-state index in [2.05, 4.69) is 0 Å². The molecule has 0 aliphatic carbocycles. The number of halogens is 2. The Bertz CT molecular complexity index is 232. The molecule has 0 bridgehead atoms. The maximum Gasteiger partial charge on any atom is 0.292 e. The van der Waals surface area contributed by atoms with Crippen LogP contribution >= 0.6 is 0 Å². The maximum atomic E-state index is 12.9. The number of allylic oxidation sites excluding steroid dienone is 3. The fourth-order valence-corrected chi connectivity index (χ4v) is 0.915. The van der Waals surface area contributed by atoms with Gasteiger partial charge < -0.3 is 10.2 Å². The van der Waals surface area contributed by atoms with Crippen LogP contribution in [0.5, 0.6) is 0 Å². The van der Waals surface area contributed by atoms with Gasteiger partial charge in [-0.15, -0.1) is 0 Å². The molecule has 0 aromatic carbocycles. The molecule has 0 fully saturated rings. The summed E-state index contributed by atoms with van der Waals surface area (Å²) in [5, 5.41) is 17.5. The molecule has 0 aromatic heterocycles. The normalized spacial score (nSPS) is 14.6. The highest BCUT2D eigenvalue weighted by Gasteiger charge is 2.31. The zero-order valence-corrected chi connectivity index (χ0v) is 8.43. The Kier molecular flexibility index (Phi) is 5.38. The van der Waals surface area contributed by atoms with Gasteiger partial charge in [0.15, 0.2) is 0 Å². The molecule has 0 atom stereocenters. The third-order valence-electron chi connectivity index (χ3n) is 1.89. The first-order valence-electron chi connectivity index (χ1n) is 4.55. The average molecular weight is 206 g/mol. The molecule has 0 amide bonds. The SMILES string of the molecule is CC/C(O)=C\C=C(/CC)C(F)(F)CO. The molecule has 0 aliphatic heterocycles. The van der Waals surface area contributed by atoms with E-state index in [9.17, 15) is 8.78 Å². The summed E-state index contributed by atoms with van der Waals surface area (Å²) in [6.45, 7) is 2.09. The summed E-state index contributed by atoms with van der Waals surface area (Å²) in [4.78, 5) is 0. The lowest BCUT2D eigenvalue weighted by Crippen LogP contribution is -2.23. The van der Waals surface area contributed by atoms with E-state index in [1.807, 2.05) is 0 Å². The summed E-state index contributed by atoms with van der Waals surface area (Å²) in [6.07, 6.45) is 2.94. The zero-order valence-electron chi connectivity index (χ0n) is 8.43. The van der Waals surface area contributed by atoms with E-state index in [0.29, 0.717) is 6.42 Å². The fraction of sp³-hybridized carbons (Fsp3) is 0.600. The van der Waals surface area contributed by atoms with E-state index in [-0.39, 0.29) is 17.8 Å². The van der Waals surface area contributed by atoms with Gasteiger partial charge >= 0.3 is 0 Å². The molecule has 0 radical (unpaired) electrons. The van der Waals surface area contributed by atoms with E-state index in [1.54, 1.807) is 13.8 Å². The second-order valence-corrected chi connectivity index (χ2v) is 2.92. The molecule has 82 valence electrons. The molecule has 14 heavy (non-hydrogen) atoms. The van der Waals surface area contributed by atoms with Gasteiger partial charge in [-0.3, -0.25) is 0 Å². The Morgan fingerprint density at radius 2 is 1.79 bits per heavy atom. The number of hydrogen-bond donors (Lipinski definition) is 2. The molecule has 4 heteroatoms. The largest absolute Gasteiger partial charge is 0.512 e. The Morgan fingerprint density at radius 3 is 2.14 bits per heavy atom. The minimum Gasteiger partial charge on any atom is -0.512 e. The monoisotopic (exact) mass is 206 g/mol. The van der Waals surface area contributed by atoms with E-state index in [0.717, 1.165) is 6.08 Å². The van der Waals surface area contributed by atoms with Gasteiger partial charge in [0.05, 0.1) is 5.76 Å². The molecular weight excluding hydrogens is 190 g/mol. The minimum absolute atomic E-state index is 0.0460. The van der Waals surface area contributed by atoms with Crippen LogP contribution in [0.15, 0.2) is 23.5 Å². The van der Waals surface area contributed by atoms with Crippen LogP contribution in [0.1, 0.15) is 26.7 Å². The predicted molar refractivity (Wildman–Crippen MR) is 51.4 cm³/mol. The lowest BCUT2D eigenvalue weighted by Gasteiger charge is -2.15. The van der Waals surface area contributed by atoms with Crippen LogP contribution in [-0.2, 0) is 0 Å². The van der Waals surface area contributed by atoms with Crippen LogP contribution in [0, 0.1) is 0 Å². The van der Waals surface area contributed by atoms with Gasteiger partial charge in [0.2, 0.25) is 0 Å². The molecule has 2 N–H and O–H groups in total. The lowest BCUT2D eigenvalue weighted by atomic mass is 10.1. The summed E-state index contributed by atoms with van der Waals surface area (Å²) in [5.74, 6) is -3.15. The van der Waals surface area contributed by atoms with Crippen molar-refractivity contribution in [3.8, 4) is 0 Å². The molecule has 0 rings (SSSR count). The summed E-state index contributed by atoms with van der Waals surface area (Å²) in [7, 11) is 0. The second kappa shape index (κ2) is 5.75. The van der Waals surface area contributed by atoms with Crippen molar-refractivity contribution in [1.29, 1.82) is 0 Å². The molecule has 0 spiro atoms. The topological polar surface area (TPSA) is 40.5 Å². The number of aliphatic hydroxyl groups excluding tert-OH is 2. The molecule has 0 saturated carbocycles. The number of rotatable bonds is 5. The summed E-state index contributed by atoms with van der Waals surface area (Å²) >= 11 is 0. The van der Waals surface area contributed by atoms with Crippen molar-refractivity contribution < 1.29 is 19.0 Å². The number of aliphatic hydroxyl groups is 2. The van der Waals surface area contributed by atoms with Crippen LogP contribution in [0.4, 0.5) is 8.78 Å². The minimum atomic E-state index is -3.20. The Balaban J connectivity index is 4.72. The van der Waals surface area contributed by atoms with Crippen molar-refractivity contribution in [2.24, 2.45) is 0 Å². The highest BCUT2D eigenvalue weighted by atomic mass is 19.3. The first-order valence-corrected chi connectivity index (χ1v) is 4.55. The first-order chi connectivity index (χ1) is 6.47. The molecule has 0 aromatic rings. The average Bonchev–Trinajstić information content (AvgIpc) is 2.18. The van der Waals surface area contributed by atoms with E-state index < -0.39 is 12.5 Å². The van der Waals surface area contributed by atoms with Crippen molar-refractivity contribution in [3.63, 3.8) is 0 Å². The molecule has 0 unspecified atom stereocenters. The van der Waals surface area contributed by atoms with Gasteiger partial charge in [0.1, 0.15) is 6.61 Å². The van der Waals surface area contributed by atoms with Gasteiger partial charge in [-0.05, 0) is 12.5 Å².